The topological polar surface area (TPSA) is 90.4 Å². The van der Waals surface area contributed by atoms with Gasteiger partial charge in [-0.2, -0.15) is 5.26 Å². The second-order valence-electron chi connectivity index (χ2n) is 4.95. The molecule has 1 fully saturated rings. The van der Waals surface area contributed by atoms with E-state index in [-0.39, 0.29) is 23.9 Å². The zero-order chi connectivity index (χ0) is 14.5. The summed E-state index contributed by atoms with van der Waals surface area (Å²) in [4.78, 5) is 12.4. The molecule has 0 saturated carbocycles. The van der Waals surface area contributed by atoms with Gasteiger partial charge < -0.3 is 10.0 Å². The standard InChI is InChI=1S/C14H17N3O3/c15-9-11-8-12(5-6-14(11)17(19)20)16-7-3-1-2-4-13(16)10-18/h5-6,8,13,18H,1-4,7,10H2. The fraction of sp³-hybridized carbons (Fsp3) is 0.500. The fourth-order valence-electron chi connectivity index (χ4n) is 2.66. The number of aliphatic hydroxyl groups is 1. The quantitative estimate of drug-likeness (QED) is 0.674. The Morgan fingerprint density at radius 1 is 1.45 bits per heavy atom. The van der Waals surface area contributed by atoms with Crippen molar-refractivity contribution in [1.29, 1.82) is 5.26 Å². The molecule has 20 heavy (non-hydrogen) atoms. The monoisotopic (exact) mass is 275 g/mol. The third kappa shape index (κ3) is 2.89. The Hall–Kier alpha value is -2.13. The van der Waals surface area contributed by atoms with Gasteiger partial charge in [0.25, 0.3) is 5.69 Å². The molecule has 1 aromatic carbocycles. The van der Waals surface area contributed by atoms with Gasteiger partial charge in [-0.15, -0.1) is 0 Å². The van der Waals surface area contributed by atoms with E-state index < -0.39 is 4.92 Å². The van der Waals surface area contributed by atoms with Crippen LogP contribution in [-0.2, 0) is 0 Å². The second kappa shape index (κ2) is 6.35. The number of anilines is 1. The number of hydrogen-bond donors (Lipinski definition) is 1. The molecule has 1 N–H and O–H groups in total. The van der Waals surface area contributed by atoms with Crippen LogP contribution in [0.5, 0.6) is 0 Å². The molecular formula is C14H17N3O3. The van der Waals surface area contributed by atoms with Crippen LogP contribution in [0.25, 0.3) is 0 Å². The molecule has 1 aliphatic heterocycles. The highest BCUT2D eigenvalue weighted by molar-refractivity contribution is 5.60. The van der Waals surface area contributed by atoms with E-state index in [4.69, 9.17) is 5.26 Å². The molecule has 0 aliphatic carbocycles. The van der Waals surface area contributed by atoms with E-state index in [9.17, 15) is 15.2 Å². The summed E-state index contributed by atoms with van der Waals surface area (Å²) in [6.07, 6.45) is 4.11. The Balaban J connectivity index is 2.36. The minimum atomic E-state index is -0.547. The van der Waals surface area contributed by atoms with Crippen molar-refractivity contribution < 1.29 is 10.0 Å². The average molecular weight is 275 g/mol. The minimum Gasteiger partial charge on any atom is -0.394 e. The van der Waals surface area contributed by atoms with Gasteiger partial charge in [0.2, 0.25) is 0 Å². The Morgan fingerprint density at radius 3 is 2.90 bits per heavy atom. The van der Waals surface area contributed by atoms with Gasteiger partial charge in [0.05, 0.1) is 17.6 Å². The Bertz CT molecular complexity index is 539. The van der Waals surface area contributed by atoms with Crippen molar-refractivity contribution in [1.82, 2.24) is 0 Å². The van der Waals surface area contributed by atoms with Gasteiger partial charge in [0, 0.05) is 18.3 Å². The number of rotatable bonds is 3. The van der Waals surface area contributed by atoms with Crippen molar-refractivity contribution in [2.24, 2.45) is 0 Å². The van der Waals surface area contributed by atoms with E-state index >= 15 is 0 Å². The number of nitriles is 1. The number of benzene rings is 1. The van der Waals surface area contributed by atoms with Crippen molar-refractivity contribution in [3.05, 3.63) is 33.9 Å². The van der Waals surface area contributed by atoms with Gasteiger partial charge in [-0.1, -0.05) is 12.8 Å². The van der Waals surface area contributed by atoms with Crippen LogP contribution in [0.2, 0.25) is 0 Å². The molecule has 1 heterocycles. The Labute approximate surface area is 117 Å². The summed E-state index contributed by atoms with van der Waals surface area (Å²) in [5.74, 6) is 0. The summed E-state index contributed by atoms with van der Waals surface area (Å²) in [5, 5.41) is 29.4. The largest absolute Gasteiger partial charge is 0.394 e. The van der Waals surface area contributed by atoms with Crippen molar-refractivity contribution in [3.8, 4) is 6.07 Å². The molecule has 0 aromatic heterocycles. The van der Waals surface area contributed by atoms with Crippen LogP contribution in [0.15, 0.2) is 18.2 Å². The third-order valence-electron chi connectivity index (χ3n) is 3.72. The number of nitrogens with zero attached hydrogens (tertiary/aromatic N) is 3. The first-order valence-corrected chi connectivity index (χ1v) is 6.73. The molecule has 1 unspecified atom stereocenters. The van der Waals surface area contributed by atoms with E-state index in [1.165, 1.54) is 6.07 Å². The summed E-state index contributed by atoms with van der Waals surface area (Å²) < 4.78 is 0. The summed E-state index contributed by atoms with van der Waals surface area (Å²) >= 11 is 0. The minimum absolute atomic E-state index is 0.0190. The molecule has 1 aliphatic rings. The Kier molecular flexibility index (Phi) is 4.53. The van der Waals surface area contributed by atoms with Gasteiger partial charge in [-0.3, -0.25) is 10.1 Å². The van der Waals surface area contributed by atoms with Crippen molar-refractivity contribution in [2.75, 3.05) is 18.1 Å². The maximum atomic E-state index is 10.8. The lowest BCUT2D eigenvalue weighted by molar-refractivity contribution is -0.385. The van der Waals surface area contributed by atoms with Crippen LogP contribution < -0.4 is 4.90 Å². The first kappa shape index (κ1) is 14.3. The van der Waals surface area contributed by atoms with Gasteiger partial charge in [0.15, 0.2) is 0 Å². The molecule has 1 atom stereocenters. The number of nitro groups is 1. The van der Waals surface area contributed by atoms with E-state index in [1.807, 2.05) is 6.07 Å². The summed E-state index contributed by atoms with van der Waals surface area (Å²) in [6.45, 7) is 0.854. The highest BCUT2D eigenvalue weighted by Crippen LogP contribution is 2.28. The van der Waals surface area contributed by atoms with Crippen LogP contribution >= 0.6 is 0 Å². The first-order valence-electron chi connectivity index (χ1n) is 6.73. The maximum absolute atomic E-state index is 10.8. The first-order chi connectivity index (χ1) is 9.67. The molecule has 0 amide bonds. The highest BCUT2D eigenvalue weighted by atomic mass is 16.6. The van der Waals surface area contributed by atoms with Crippen molar-refractivity contribution in [2.45, 2.75) is 31.7 Å². The molecule has 0 spiro atoms. The SMILES string of the molecule is N#Cc1cc(N2CCCCCC2CO)ccc1[N+](=O)[O-]. The van der Waals surface area contributed by atoms with Crippen LogP contribution in [-0.4, -0.2) is 29.2 Å². The normalized spacial score (nSPS) is 19.2. The van der Waals surface area contributed by atoms with Crippen molar-refractivity contribution in [3.63, 3.8) is 0 Å². The second-order valence-corrected chi connectivity index (χ2v) is 4.95. The van der Waals surface area contributed by atoms with Crippen LogP contribution in [0.1, 0.15) is 31.2 Å². The zero-order valence-electron chi connectivity index (χ0n) is 11.2. The predicted octanol–water partition coefficient (Wildman–Crippen LogP) is 2.21. The lowest BCUT2D eigenvalue weighted by Crippen LogP contribution is -2.37. The fourth-order valence-corrected chi connectivity index (χ4v) is 2.66. The van der Waals surface area contributed by atoms with E-state index in [1.54, 1.807) is 12.1 Å². The van der Waals surface area contributed by atoms with Crippen LogP contribution in [0.4, 0.5) is 11.4 Å². The summed E-state index contributed by atoms with van der Waals surface area (Å²) in [7, 11) is 0. The van der Waals surface area contributed by atoms with Crippen LogP contribution in [0, 0.1) is 21.4 Å². The molecule has 6 heteroatoms. The van der Waals surface area contributed by atoms with Crippen LogP contribution in [0.3, 0.4) is 0 Å². The van der Waals surface area contributed by atoms with E-state index in [2.05, 4.69) is 4.90 Å². The smallest absolute Gasteiger partial charge is 0.287 e. The molecule has 0 radical (unpaired) electrons. The molecule has 6 nitrogen and oxygen atoms in total. The molecule has 1 saturated heterocycles. The molecule has 2 rings (SSSR count). The number of hydrogen-bond acceptors (Lipinski definition) is 5. The maximum Gasteiger partial charge on any atom is 0.287 e. The van der Waals surface area contributed by atoms with E-state index in [0.717, 1.165) is 37.9 Å². The molecule has 0 bridgehead atoms. The average Bonchev–Trinajstić information content (AvgIpc) is 2.71. The number of nitro benzene ring substituents is 1. The number of aliphatic hydroxyl groups excluding tert-OH is 1. The molecule has 1 aromatic rings. The lowest BCUT2D eigenvalue weighted by Gasteiger charge is -2.30. The van der Waals surface area contributed by atoms with Gasteiger partial charge in [-0.25, -0.2) is 0 Å². The summed E-state index contributed by atoms with van der Waals surface area (Å²) in [5.41, 5.74) is 0.660. The summed E-state index contributed by atoms with van der Waals surface area (Å²) in [6, 6.07) is 6.47. The van der Waals surface area contributed by atoms with Gasteiger partial charge >= 0.3 is 0 Å². The van der Waals surface area contributed by atoms with Crippen molar-refractivity contribution >= 4 is 11.4 Å². The van der Waals surface area contributed by atoms with Gasteiger partial charge in [-0.05, 0) is 25.0 Å². The molecular weight excluding hydrogens is 258 g/mol. The lowest BCUT2D eigenvalue weighted by atomic mass is 10.1. The zero-order valence-corrected chi connectivity index (χ0v) is 11.2. The van der Waals surface area contributed by atoms with Gasteiger partial charge in [0.1, 0.15) is 11.6 Å². The third-order valence-corrected chi connectivity index (χ3v) is 3.72. The predicted molar refractivity (Wildman–Crippen MR) is 74.5 cm³/mol. The Morgan fingerprint density at radius 2 is 2.25 bits per heavy atom. The molecule has 106 valence electrons. The van der Waals surface area contributed by atoms with E-state index in [0.29, 0.717) is 0 Å². The highest BCUT2D eigenvalue weighted by Gasteiger charge is 2.23.